The van der Waals surface area contributed by atoms with E-state index in [0.29, 0.717) is 30.5 Å². The van der Waals surface area contributed by atoms with E-state index in [1.165, 1.54) is 0 Å². The molecule has 2 aromatic heterocycles. The molecule has 3 N–H and O–H groups in total. The first kappa shape index (κ1) is 19.7. The Morgan fingerprint density at radius 3 is 2.81 bits per heavy atom. The highest BCUT2D eigenvalue weighted by atomic mass is 79.9. The number of nitrogens with zero attached hydrogens (tertiary/aromatic N) is 4. The minimum absolute atomic E-state index is 0.0809. The van der Waals surface area contributed by atoms with Crippen molar-refractivity contribution in [3.63, 3.8) is 0 Å². The van der Waals surface area contributed by atoms with Gasteiger partial charge in [0.25, 0.3) is 0 Å². The zero-order valence-corrected chi connectivity index (χ0v) is 18.3. The van der Waals surface area contributed by atoms with Crippen LogP contribution in [0.25, 0.3) is 27.9 Å². The molecule has 4 aromatic rings. The van der Waals surface area contributed by atoms with Crippen LogP contribution >= 0.6 is 15.9 Å². The Hall–Kier alpha value is -3.24. The standard InChI is InChI=1S/C21H20BrN7O2/c1-31-13-7-5-12(6-8-13)18-27-19-14-3-2-4-15(22)17(14)26-21(29(19)28-18)25-16-11-23-9-10-24-20(16)30/h2-8,16,23H,9-11H2,1H3,(H,24,30)(H,25,26). The van der Waals surface area contributed by atoms with E-state index >= 15 is 0 Å². The average Bonchev–Trinajstić information content (AvgIpc) is 3.15. The fraction of sp³-hybridized carbons (Fsp3) is 0.238. The lowest BCUT2D eigenvalue weighted by atomic mass is 10.2. The van der Waals surface area contributed by atoms with Crippen LogP contribution in [0.2, 0.25) is 0 Å². The van der Waals surface area contributed by atoms with Gasteiger partial charge < -0.3 is 20.7 Å². The topological polar surface area (TPSA) is 105 Å². The minimum atomic E-state index is -0.480. The van der Waals surface area contributed by atoms with Crippen molar-refractivity contribution in [2.24, 2.45) is 0 Å². The van der Waals surface area contributed by atoms with E-state index in [1.54, 1.807) is 11.6 Å². The molecule has 2 aromatic carbocycles. The molecule has 158 valence electrons. The van der Waals surface area contributed by atoms with E-state index < -0.39 is 6.04 Å². The molecule has 0 saturated carbocycles. The Kier molecular flexibility index (Phi) is 5.16. The van der Waals surface area contributed by atoms with Crippen LogP contribution in [-0.4, -0.2) is 58.3 Å². The van der Waals surface area contributed by atoms with E-state index in [9.17, 15) is 4.79 Å². The van der Waals surface area contributed by atoms with E-state index in [1.807, 2.05) is 42.5 Å². The molecule has 1 atom stereocenters. The Balaban J connectivity index is 1.66. The monoisotopic (exact) mass is 481 g/mol. The number of aromatic nitrogens is 4. The number of carbonyl (C=O) groups excluding carboxylic acids is 1. The first-order chi connectivity index (χ1) is 15.1. The first-order valence-electron chi connectivity index (χ1n) is 9.88. The number of carbonyl (C=O) groups is 1. The molecule has 0 spiro atoms. The quantitative estimate of drug-likeness (QED) is 0.410. The van der Waals surface area contributed by atoms with Crippen molar-refractivity contribution in [2.45, 2.75) is 6.04 Å². The van der Waals surface area contributed by atoms with Crippen molar-refractivity contribution in [1.82, 2.24) is 30.2 Å². The number of nitrogens with one attached hydrogen (secondary N) is 3. The maximum Gasteiger partial charge on any atom is 0.243 e. The number of hydrogen-bond donors (Lipinski definition) is 3. The molecule has 0 aliphatic carbocycles. The Morgan fingerprint density at radius 2 is 2.00 bits per heavy atom. The summed E-state index contributed by atoms with van der Waals surface area (Å²) < 4.78 is 7.74. The summed E-state index contributed by atoms with van der Waals surface area (Å²) in [6, 6.07) is 12.9. The number of benzene rings is 2. The van der Waals surface area contributed by atoms with Crippen molar-refractivity contribution in [3.05, 3.63) is 46.9 Å². The number of halogens is 1. The third-order valence-corrected chi connectivity index (χ3v) is 5.81. The fourth-order valence-electron chi connectivity index (χ4n) is 3.56. The maximum absolute atomic E-state index is 12.5. The number of rotatable bonds is 4. The number of hydrogen-bond acceptors (Lipinski definition) is 7. The van der Waals surface area contributed by atoms with E-state index in [0.717, 1.165) is 33.2 Å². The van der Waals surface area contributed by atoms with Gasteiger partial charge in [0.1, 0.15) is 11.8 Å². The summed E-state index contributed by atoms with van der Waals surface area (Å²) in [6.07, 6.45) is 0. The number of anilines is 1. The molecule has 1 saturated heterocycles. The fourth-order valence-corrected chi connectivity index (χ4v) is 4.02. The average molecular weight is 482 g/mol. The van der Waals surface area contributed by atoms with Gasteiger partial charge in [-0.1, -0.05) is 6.07 Å². The lowest BCUT2D eigenvalue weighted by Crippen LogP contribution is -2.42. The molecule has 1 fully saturated rings. The van der Waals surface area contributed by atoms with Crippen LogP contribution in [0.4, 0.5) is 5.95 Å². The van der Waals surface area contributed by atoms with Gasteiger partial charge >= 0.3 is 0 Å². The van der Waals surface area contributed by atoms with Gasteiger partial charge in [0.05, 0.1) is 12.6 Å². The summed E-state index contributed by atoms with van der Waals surface area (Å²) in [7, 11) is 1.63. The molecule has 1 aliphatic rings. The van der Waals surface area contributed by atoms with Gasteiger partial charge in [-0.2, -0.15) is 4.52 Å². The highest BCUT2D eigenvalue weighted by Crippen LogP contribution is 2.29. The second-order valence-electron chi connectivity index (χ2n) is 7.16. The molecular weight excluding hydrogens is 462 g/mol. The van der Waals surface area contributed by atoms with Gasteiger partial charge in [0, 0.05) is 35.1 Å². The van der Waals surface area contributed by atoms with Crippen LogP contribution in [0.3, 0.4) is 0 Å². The highest BCUT2D eigenvalue weighted by molar-refractivity contribution is 9.10. The summed E-state index contributed by atoms with van der Waals surface area (Å²) in [6.45, 7) is 1.80. The predicted molar refractivity (Wildman–Crippen MR) is 121 cm³/mol. The molecule has 3 heterocycles. The molecule has 1 amide bonds. The van der Waals surface area contributed by atoms with Gasteiger partial charge in [-0.15, -0.1) is 5.10 Å². The van der Waals surface area contributed by atoms with Gasteiger partial charge in [-0.25, -0.2) is 9.97 Å². The Bertz CT molecular complexity index is 1270. The van der Waals surface area contributed by atoms with Crippen LogP contribution in [-0.2, 0) is 4.79 Å². The summed E-state index contributed by atoms with van der Waals surface area (Å²) in [5.74, 6) is 1.69. The Morgan fingerprint density at radius 1 is 1.16 bits per heavy atom. The number of ether oxygens (including phenoxy) is 1. The minimum Gasteiger partial charge on any atom is -0.497 e. The van der Waals surface area contributed by atoms with Crippen LogP contribution in [0, 0.1) is 0 Å². The lowest BCUT2D eigenvalue weighted by Gasteiger charge is -2.17. The smallest absolute Gasteiger partial charge is 0.243 e. The summed E-state index contributed by atoms with van der Waals surface area (Å²) in [5.41, 5.74) is 2.25. The predicted octanol–water partition coefficient (Wildman–Crippen LogP) is 2.22. The molecular formula is C21H20BrN7O2. The van der Waals surface area contributed by atoms with Crippen LogP contribution in [0.1, 0.15) is 0 Å². The van der Waals surface area contributed by atoms with E-state index in [2.05, 4.69) is 31.9 Å². The molecule has 10 heteroatoms. The third kappa shape index (κ3) is 3.68. The largest absolute Gasteiger partial charge is 0.497 e. The first-order valence-corrected chi connectivity index (χ1v) is 10.7. The van der Waals surface area contributed by atoms with Gasteiger partial charge in [-0.05, 0) is 52.3 Å². The van der Waals surface area contributed by atoms with Crippen LogP contribution in [0.15, 0.2) is 46.9 Å². The number of para-hydroxylation sites is 1. The van der Waals surface area contributed by atoms with Gasteiger partial charge in [0.2, 0.25) is 11.9 Å². The second-order valence-corrected chi connectivity index (χ2v) is 8.02. The lowest BCUT2D eigenvalue weighted by molar-refractivity contribution is -0.121. The van der Waals surface area contributed by atoms with Crippen LogP contribution in [0.5, 0.6) is 5.75 Å². The summed E-state index contributed by atoms with van der Waals surface area (Å²) in [4.78, 5) is 22.0. The summed E-state index contributed by atoms with van der Waals surface area (Å²) in [5, 5.41) is 15.0. The maximum atomic E-state index is 12.5. The number of amides is 1. The molecule has 5 rings (SSSR count). The zero-order valence-electron chi connectivity index (χ0n) is 16.7. The molecule has 9 nitrogen and oxygen atoms in total. The molecule has 0 bridgehead atoms. The third-order valence-electron chi connectivity index (χ3n) is 5.17. The SMILES string of the molecule is COc1ccc(-c2nc3c4cccc(Br)c4nc(NC4CNCCNC4=O)n3n2)cc1. The number of methoxy groups -OCH3 is 1. The molecule has 1 unspecified atom stereocenters. The second kappa shape index (κ2) is 8.12. The normalized spacial score (nSPS) is 16.8. The highest BCUT2D eigenvalue weighted by Gasteiger charge is 2.23. The zero-order chi connectivity index (χ0) is 21.4. The molecule has 0 radical (unpaired) electrons. The van der Waals surface area contributed by atoms with Crippen molar-refractivity contribution < 1.29 is 9.53 Å². The van der Waals surface area contributed by atoms with Crippen LogP contribution < -0.4 is 20.7 Å². The van der Waals surface area contributed by atoms with Gasteiger partial charge in [0.15, 0.2) is 11.5 Å². The summed E-state index contributed by atoms with van der Waals surface area (Å²) >= 11 is 3.58. The number of fused-ring (bicyclic) bond motifs is 3. The molecule has 1 aliphatic heterocycles. The van der Waals surface area contributed by atoms with Crippen molar-refractivity contribution in [1.29, 1.82) is 0 Å². The van der Waals surface area contributed by atoms with E-state index in [-0.39, 0.29) is 5.91 Å². The van der Waals surface area contributed by atoms with Crippen molar-refractivity contribution >= 4 is 44.3 Å². The van der Waals surface area contributed by atoms with E-state index in [4.69, 9.17) is 19.8 Å². The van der Waals surface area contributed by atoms with Crippen molar-refractivity contribution in [3.8, 4) is 17.1 Å². The van der Waals surface area contributed by atoms with Crippen molar-refractivity contribution in [2.75, 3.05) is 32.1 Å². The molecule has 31 heavy (non-hydrogen) atoms. The Labute approximate surface area is 186 Å². The van der Waals surface area contributed by atoms with Gasteiger partial charge in [-0.3, -0.25) is 4.79 Å².